The molecule has 1 unspecified atom stereocenters. The largest absolute Gasteiger partial charge is 1.00 e. The minimum Gasteiger partial charge on any atom is -1.00 e. The van der Waals surface area contributed by atoms with Gasteiger partial charge in [-0.2, -0.15) is 12.6 Å². The van der Waals surface area contributed by atoms with Crippen LogP contribution in [0.3, 0.4) is 0 Å². The Morgan fingerprint density at radius 1 is 1.54 bits per heavy atom. The summed E-state index contributed by atoms with van der Waals surface area (Å²) < 4.78 is 42.2. The van der Waals surface area contributed by atoms with Crippen LogP contribution in [0.5, 0.6) is 0 Å². The van der Waals surface area contributed by atoms with Crippen molar-refractivity contribution < 1.29 is 57.6 Å². The van der Waals surface area contributed by atoms with Gasteiger partial charge >= 0.3 is 40.0 Å². The van der Waals surface area contributed by atoms with Crippen molar-refractivity contribution in [2.75, 3.05) is 13.7 Å². The van der Waals surface area contributed by atoms with Crippen LogP contribution in [-0.4, -0.2) is 32.7 Å². The van der Waals surface area contributed by atoms with Gasteiger partial charge in [0.15, 0.2) is 0 Å². The number of rotatable bonds is 5. The fourth-order valence-electron chi connectivity index (χ4n) is 0.570. The van der Waals surface area contributed by atoms with Gasteiger partial charge in [0.05, 0.1) is 0 Å². The van der Waals surface area contributed by atoms with Gasteiger partial charge in [-0.15, -0.1) is 0 Å². The summed E-state index contributed by atoms with van der Waals surface area (Å²) in [6, 6.07) is 0. The van der Waals surface area contributed by atoms with E-state index in [1.807, 2.05) is 0 Å². The average molecular weight is 224 g/mol. The normalized spacial score (nSPS) is 16.0. The van der Waals surface area contributed by atoms with Crippen molar-refractivity contribution in [2.24, 2.45) is 0 Å². The molecule has 0 rings (SSSR count). The minimum absolute atomic E-state index is 0. The van der Waals surface area contributed by atoms with Gasteiger partial charge in [0.25, 0.3) is 5.97 Å². The molecule has 1 atom stereocenters. The third kappa shape index (κ3) is 7.83. The first kappa shape index (κ1) is 16.2. The first-order valence-corrected chi connectivity index (χ1v) is 4.56. The van der Waals surface area contributed by atoms with Crippen LogP contribution in [0.1, 0.15) is 15.3 Å². The Morgan fingerprint density at radius 2 is 2.00 bits per heavy atom. The van der Waals surface area contributed by atoms with E-state index >= 15 is 0 Å². The Kier molecular flexibility index (Phi) is 7.87. The first-order valence-electron chi connectivity index (χ1n) is 3.20. The molecule has 1 N–H and O–H groups in total. The van der Waals surface area contributed by atoms with Crippen molar-refractivity contribution in [3.63, 3.8) is 0 Å². The molecule has 0 aliphatic rings. The number of ether oxygens (including phenoxy) is 2. The van der Waals surface area contributed by atoms with Crippen molar-refractivity contribution in [3.05, 3.63) is 0 Å². The second kappa shape index (κ2) is 6.31. The maximum atomic E-state index is 10.3. The van der Waals surface area contributed by atoms with Gasteiger partial charge in [-0.05, 0) is 6.92 Å². The quantitative estimate of drug-likeness (QED) is 0.310. The topological polar surface area (TPSA) is 82.1 Å². The van der Waals surface area contributed by atoms with Crippen LogP contribution in [0.2, 0.25) is 0 Å². The van der Waals surface area contributed by atoms with Crippen LogP contribution in [-0.2, 0) is 24.1 Å². The molecule has 6 nitrogen and oxygen atoms in total. The maximum Gasteiger partial charge on any atom is 1.00 e. The van der Waals surface area contributed by atoms with Crippen molar-refractivity contribution in [1.82, 2.24) is 0 Å². The Labute approximate surface area is 101 Å². The molecule has 0 aromatic heterocycles. The summed E-state index contributed by atoms with van der Waals surface area (Å²) in [5, 5.41) is 0. The Morgan fingerprint density at radius 3 is 2.23 bits per heavy atom. The number of hydrogen-bond acceptors (Lipinski definition) is 5. The van der Waals surface area contributed by atoms with E-state index < -0.39 is 16.4 Å². The van der Waals surface area contributed by atoms with E-state index in [0.29, 0.717) is 0 Å². The Balaban J connectivity index is -0.000000605. The zero-order chi connectivity index (χ0) is 9.83. The monoisotopic (exact) mass is 224 g/mol. The standard InChI is InChI=1S/C5H12O6S.Na.H/c1-4-10-5(2,9-3)11-12(6,7)8;;/h4H2,1-3H3,(H,6,7,8);;/q;+1;-1. The van der Waals surface area contributed by atoms with Crippen molar-refractivity contribution in [1.29, 1.82) is 0 Å². The summed E-state index contributed by atoms with van der Waals surface area (Å²) in [5.41, 5.74) is 0. The predicted molar refractivity (Wildman–Crippen MR) is 40.8 cm³/mol. The Hall–Kier alpha value is 0.790. The van der Waals surface area contributed by atoms with Gasteiger partial charge in [0.1, 0.15) is 0 Å². The summed E-state index contributed by atoms with van der Waals surface area (Å²) >= 11 is 0. The molecule has 0 radical (unpaired) electrons. The molecule has 0 bridgehead atoms. The molecule has 0 aromatic carbocycles. The second-order valence-electron chi connectivity index (χ2n) is 2.01. The third-order valence-electron chi connectivity index (χ3n) is 1.03. The fraction of sp³-hybridized carbons (Fsp3) is 1.00. The van der Waals surface area contributed by atoms with Gasteiger partial charge < -0.3 is 10.9 Å². The smallest absolute Gasteiger partial charge is 1.00 e. The van der Waals surface area contributed by atoms with Gasteiger partial charge in [-0.3, -0.25) is 4.55 Å². The van der Waals surface area contributed by atoms with E-state index in [1.54, 1.807) is 6.92 Å². The fourth-order valence-corrected chi connectivity index (χ4v) is 1.07. The molecule has 0 fully saturated rings. The van der Waals surface area contributed by atoms with Gasteiger partial charge in [-0.25, -0.2) is 0 Å². The van der Waals surface area contributed by atoms with Gasteiger partial charge in [0, 0.05) is 20.6 Å². The summed E-state index contributed by atoms with van der Waals surface area (Å²) in [6.45, 7) is 3.05. The van der Waals surface area contributed by atoms with Crippen LogP contribution >= 0.6 is 0 Å². The molecule has 0 amide bonds. The molecule has 0 aliphatic heterocycles. The zero-order valence-corrected chi connectivity index (χ0v) is 10.9. The summed E-state index contributed by atoms with van der Waals surface area (Å²) in [7, 11) is -3.37. The van der Waals surface area contributed by atoms with Crippen molar-refractivity contribution in [2.45, 2.75) is 19.8 Å². The van der Waals surface area contributed by atoms with Crippen LogP contribution in [0.4, 0.5) is 0 Å². The SMILES string of the molecule is CCOC(C)(OC)OS(=O)(=O)O.[H-].[Na+]. The third-order valence-corrected chi connectivity index (χ3v) is 1.55. The molecule has 13 heavy (non-hydrogen) atoms. The first-order chi connectivity index (χ1) is 5.33. The molecule has 0 heterocycles. The van der Waals surface area contributed by atoms with E-state index in [4.69, 9.17) is 9.29 Å². The van der Waals surface area contributed by atoms with Crippen molar-refractivity contribution in [3.8, 4) is 0 Å². The van der Waals surface area contributed by atoms with E-state index in [0.717, 1.165) is 0 Å². The number of hydrogen-bond donors (Lipinski definition) is 1. The second-order valence-corrected chi connectivity index (χ2v) is 3.03. The molecule has 0 saturated carbocycles. The molecular formula is C5H13NaO6S. The average Bonchev–Trinajstić information content (AvgIpc) is 1.84. The molecule has 76 valence electrons. The summed E-state index contributed by atoms with van der Waals surface area (Å²) in [4.78, 5) is 0. The van der Waals surface area contributed by atoms with Crippen LogP contribution in [0.15, 0.2) is 0 Å². The molecule has 8 heteroatoms. The zero-order valence-electron chi connectivity index (χ0n) is 9.10. The summed E-state index contributed by atoms with van der Waals surface area (Å²) in [5.74, 6) is -1.76. The minimum atomic E-state index is -4.57. The predicted octanol–water partition coefficient (Wildman–Crippen LogP) is -2.72. The number of methoxy groups -OCH3 is 1. The molecule has 0 aliphatic carbocycles. The maximum absolute atomic E-state index is 10.3. The molecular weight excluding hydrogens is 211 g/mol. The van der Waals surface area contributed by atoms with E-state index in [-0.39, 0.29) is 37.6 Å². The van der Waals surface area contributed by atoms with Crippen LogP contribution in [0, 0.1) is 0 Å². The van der Waals surface area contributed by atoms with E-state index in [2.05, 4.69) is 8.92 Å². The van der Waals surface area contributed by atoms with Crippen LogP contribution in [0.25, 0.3) is 0 Å². The van der Waals surface area contributed by atoms with E-state index in [1.165, 1.54) is 14.0 Å². The van der Waals surface area contributed by atoms with Gasteiger partial charge in [-0.1, -0.05) is 0 Å². The van der Waals surface area contributed by atoms with Crippen LogP contribution < -0.4 is 29.6 Å². The summed E-state index contributed by atoms with van der Waals surface area (Å²) in [6.07, 6.45) is 0. The van der Waals surface area contributed by atoms with E-state index in [9.17, 15) is 8.42 Å². The van der Waals surface area contributed by atoms with Gasteiger partial charge in [0.2, 0.25) is 0 Å². The Bertz CT molecular complexity index is 232. The molecule has 0 spiro atoms. The molecule has 0 saturated heterocycles. The van der Waals surface area contributed by atoms with Crippen molar-refractivity contribution >= 4 is 10.4 Å². The molecule has 0 aromatic rings.